The normalized spacial score (nSPS) is 10.6. The Labute approximate surface area is 128 Å². The topological polar surface area (TPSA) is 54.1 Å². The van der Waals surface area contributed by atoms with Gasteiger partial charge in [-0.25, -0.2) is 0 Å². The van der Waals surface area contributed by atoms with E-state index in [0.717, 1.165) is 22.3 Å². The molecule has 3 rings (SSSR count). The van der Waals surface area contributed by atoms with Crippen molar-refractivity contribution in [2.24, 2.45) is 0 Å². The second-order valence-electron chi connectivity index (χ2n) is 5.30. The fraction of sp³-hybridized carbons (Fsp3) is 0.167. The van der Waals surface area contributed by atoms with E-state index in [1.807, 2.05) is 55.5 Å². The fourth-order valence-electron chi connectivity index (χ4n) is 2.36. The van der Waals surface area contributed by atoms with Gasteiger partial charge in [-0.15, -0.1) is 0 Å². The van der Waals surface area contributed by atoms with E-state index in [1.54, 1.807) is 7.11 Å². The second-order valence-corrected chi connectivity index (χ2v) is 5.30. The molecule has 1 heterocycles. The minimum Gasteiger partial charge on any atom is -0.497 e. The summed E-state index contributed by atoms with van der Waals surface area (Å²) in [6.07, 6.45) is 0. The quantitative estimate of drug-likeness (QED) is 0.775. The number of hydrogen-bond acceptors (Lipinski definition) is 3. The van der Waals surface area contributed by atoms with Gasteiger partial charge in [-0.1, -0.05) is 17.7 Å². The largest absolute Gasteiger partial charge is 0.497 e. The molecule has 1 aromatic heterocycles. The first kappa shape index (κ1) is 14.2. The van der Waals surface area contributed by atoms with Crippen LogP contribution in [0.25, 0.3) is 10.9 Å². The Kier molecular flexibility index (Phi) is 3.83. The highest BCUT2D eigenvalue weighted by atomic mass is 16.5. The zero-order chi connectivity index (χ0) is 15.5. The SMILES string of the molecule is COc1ccc2[nH]c(=O)c(CNc3ccc(C)cc3)cc2c1. The number of fused-ring (bicyclic) bond motifs is 1. The molecule has 0 spiro atoms. The van der Waals surface area contributed by atoms with E-state index in [9.17, 15) is 4.79 Å². The maximum absolute atomic E-state index is 12.1. The van der Waals surface area contributed by atoms with Crippen LogP contribution < -0.4 is 15.6 Å². The number of hydrogen-bond donors (Lipinski definition) is 2. The molecule has 0 aliphatic heterocycles. The third-order valence-corrected chi connectivity index (χ3v) is 3.66. The van der Waals surface area contributed by atoms with Crippen molar-refractivity contribution in [2.45, 2.75) is 13.5 Å². The van der Waals surface area contributed by atoms with Crippen LogP contribution in [0.15, 0.2) is 53.3 Å². The molecule has 0 saturated carbocycles. The number of pyridine rings is 1. The molecule has 3 aromatic rings. The number of rotatable bonds is 4. The van der Waals surface area contributed by atoms with Crippen molar-refractivity contribution < 1.29 is 4.74 Å². The van der Waals surface area contributed by atoms with Crippen molar-refractivity contribution in [2.75, 3.05) is 12.4 Å². The molecular formula is C18H18N2O2. The van der Waals surface area contributed by atoms with E-state index in [2.05, 4.69) is 10.3 Å². The van der Waals surface area contributed by atoms with E-state index in [1.165, 1.54) is 5.56 Å². The highest BCUT2D eigenvalue weighted by Crippen LogP contribution is 2.19. The highest BCUT2D eigenvalue weighted by Gasteiger charge is 2.04. The lowest BCUT2D eigenvalue weighted by molar-refractivity contribution is 0.415. The van der Waals surface area contributed by atoms with Crippen molar-refractivity contribution in [3.05, 3.63) is 70.0 Å². The first-order chi connectivity index (χ1) is 10.7. The minimum absolute atomic E-state index is 0.0720. The van der Waals surface area contributed by atoms with Crippen molar-refractivity contribution in [3.8, 4) is 5.75 Å². The van der Waals surface area contributed by atoms with Gasteiger partial charge in [0.1, 0.15) is 5.75 Å². The number of H-pyrrole nitrogens is 1. The summed E-state index contributed by atoms with van der Waals surface area (Å²) in [5.41, 5.74) is 3.64. The molecule has 4 nitrogen and oxygen atoms in total. The number of methoxy groups -OCH3 is 1. The van der Waals surface area contributed by atoms with Gasteiger partial charge in [0.05, 0.1) is 7.11 Å². The van der Waals surface area contributed by atoms with Crippen LogP contribution in [0, 0.1) is 6.92 Å². The Bertz CT molecular complexity index is 851. The average molecular weight is 294 g/mol. The van der Waals surface area contributed by atoms with Crippen molar-refractivity contribution in [3.63, 3.8) is 0 Å². The van der Waals surface area contributed by atoms with Gasteiger partial charge in [0, 0.05) is 28.7 Å². The van der Waals surface area contributed by atoms with Gasteiger partial charge in [0.25, 0.3) is 5.56 Å². The lowest BCUT2D eigenvalue weighted by Crippen LogP contribution is -2.15. The molecule has 0 unspecified atom stereocenters. The predicted octanol–water partition coefficient (Wildman–Crippen LogP) is 3.46. The number of ether oxygens (including phenoxy) is 1. The number of benzene rings is 2. The molecule has 0 atom stereocenters. The predicted molar refractivity (Wildman–Crippen MR) is 89.6 cm³/mol. The van der Waals surface area contributed by atoms with Gasteiger partial charge >= 0.3 is 0 Å². The molecule has 0 amide bonds. The smallest absolute Gasteiger partial charge is 0.253 e. The van der Waals surface area contributed by atoms with Crippen molar-refractivity contribution in [1.29, 1.82) is 0 Å². The molecule has 4 heteroatoms. The molecule has 0 bridgehead atoms. The van der Waals surface area contributed by atoms with Crippen LogP contribution in [0.2, 0.25) is 0 Å². The molecule has 0 fully saturated rings. The molecule has 0 radical (unpaired) electrons. The first-order valence-corrected chi connectivity index (χ1v) is 7.16. The molecule has 2 N–H and O–H groups in total. The van der Waals surface area contributed by atoms with E-state index in [4.69, 9.17) is 4.74 Å². The summed E-state index contributed by atoms with van der Waals surface area (Å²) in [6, 6.07) is 15.6. The van der Waals surface area contributed by atoms with E-state index in [0.29, 0.717) is 12.1 Å². The second kappa shape index (κ2) is 5.93. The van der Waals surface area contributed by atoms with Crippen LogP contribution in [0.3, 0.4) is 0 Å². The van der Waals surface area contributed by atoms with Crippen LogP contribution in [0.1, 0.15) is 11.1 Å². The van der Waals surface area contributed by atoms with Crippen LogP contribution >= 0.6 is 0 Å². The van der Waals surface area contributed by atoms with Crippen LogP contribution in [0.5, 0.6) is 5.75 Å². The Morgan fingerprint density at radius 2 is 1.86 bits per heavy atom. The standard InChI is InChI=1S/C18H18N2O2/c1-12-3-5-15(6-4-12)19-11-14-9-13-10-16(22-2)7-8-17(13)20-18(14)21/h3-10,19H,11H2,1-2H3,(H,20,21). The van der Waals surface area contributed by atoms with Gasteiger partial charge < -0.3 is 15.0 Å². The van der Waals surface area contributed by atoms with Crippen molar-refractivity contribution >= 4 is 16.6 Å². The van der Waals surface area contributed by atoms with E-state index in [-0.39, 0.29) is 5.56 Å². The van der Waals surface area contributed by atoms with Crippen LogP contribution in [0.4, 0.5) is 5.69 Å². The monoisotopic (exact) mass is 294 g/mol. The number of aromatic amines is 1. The fourth-order valence-corrected chi connectivity index (χ4v) is 2.36. The summed E-state index contributed by atoms with van der Waals surface area (Å²) in [5.74, 6) is 0.775. The summed E-state index contributed by atoms with van der Waals surface area (Å²) in [6.45, 7) is 2.52. The Morgan fingerprint density at radius 1 is 1.09 bits per heavy atom. The number of anilines is 1. The molecule has 22 heavy (non-hydrogen) atoms. The average Bonchev–Trinajstić information content (AvgIpc) is 2.54. The van der Waals surface area contributed by atoms with Gasteiger partial charge in [0.2, 0.25) is 0 Å². The zero-order valence-corrected chi connectivity index (χ0v) is 12.6. The van der Waals surface area contributed by atoms with Gasteiger partial charge in [-0.2, -0.15) is 0 Å². The highest BCUT2D eigenvalue weighted by molar-refractivity contribution is 5.80. The third kappa shape index (κ3) is 2.96. The maximum Gasteiger partial charge on any atom is 0.253 e. The lowest BCUT2D eigenvalue weighted by atomic mass is 10.1. The summed E-state index contributed by atoms with van der Waals surface area (Å²) in [5, 5.41) is 4.23. The van der Waals surface area contributed by atoms with Crippen molar-refractivity contribution in [1.82, 2.24) is 4.98 Å². The van der Waals surface area contributed by atoms with Crippen LogP contribution in [-0.2, 0) is 6.54 Å². The third-order valence-electron chi connectivity index (χ3n) is 3.66. The Balaban J connectivity index is 1.87. The lowest BCUT2D eigenvalue weighted by Gasteiger charge is -2.08. The summed E-state index contributed by atoms with van der Waals surface area (Å²) in [4.78, 5) is 15.0. The molecule has 0 saturated heterocycles. The van der Waals surface area contributed by atoms with Gasteiger partial charge in [-0.05, 0) is 43.3 Å². The van der Waals surface area contributed by atoms with E-state index < -0.39 is 0 Å². The molecule has 112 valence electrons. The minimum atomic E-state index is -0.0720. The van der Waals surface area contributed by atoms with E-state index >= 15 is 0 Å². The Hall–Kier alpha value is -2.75. The molecular weight excluding hydrogens is 276 g/mol. The molecule has 0 aliphatic carbocycles. The summed E-state index contributed by atoms with van der Waals surface area (Å²) < 4.78 is 5.23. The van der Waals surface area contributed by atoms with Gasteiger partial charge in [-0.3, -0.25) is 4.79 Å². The summed E-state index contributed by atoms with van der Waals surface area (Å²) in [7, 11) is 1.63. The number of aryl methyl sites for hydroxylation is 1. The number of aromatic nitrogens is 1. The molecule has 0 aliphatic rings. The Morgan fingerprint density at radius 3 is 2.59 bits per heavy atom. The zero-order valence-electron chi connectivity index (χ0n) is 12.6. The van der Waals surface area contributed by atoms with Gasteiger partial charge in [0.15, 0.2) is 0 Å². The maximum atomic E-state index is 12.1. The van der Waals surface area contributed by atoms with Crippen LogP contribution in [-0.4, -0.2) is 12.1 Å². The number of nitrogens with one attached hydrogen (secondary N) is 2. The first-order valence-electron chi connectivity index (χ1n) is 7.16. The summed E-state index contributed by atoms with van der Waals surface area (Å²) >= 11 is 0. The molecule has 2 aromatic carbocycles.